The Hall–Kier alpha value is -3.29. The number of nitrogens with one attached hydrogen (secondary N) is 1. The van der Waals surface area contributed by atoms with Crippen molar-refractivity contribution < 1.29 is 9.15 Å². The maximum Gasteiger partial charge on any atom is 0.174 e. The number of anilines is 1. The van der Waals surface area contributed by atoms with Crippen LogP contribution in [0.15, 0.2) is 106 Å². The smallest absolute Gasteiger partial charge is 0.174 e. The topological polar surface area (TPSA) is 50.5 Å². The zero-order chi connectivity index (χ0) is 21.9. The summed E-state index contributed by atoms with van der Waals surface area (Å²) in [5.41, 5.74) is 1.83. The summed E-state index contributed by atoms with van der Waals surface area (Å²) in [6.45, 7) is 0. The third-order valence-corrected chi connectivity index (χ3v) is 6.53. The van der Waals surface area contributed by atoms with Crippen LogP contribution >= 0.6 is 24.0 Å². The third-order valence-electron chi connectivity index (χ3n) is 5.28. The number of hydrogen-bond acceptors (Lipinski definition) is 5. The number of nitrogens with zero attached hydrogens (tertiary/aromatic N) is 2. The fourth-order valence-corrected chi connectivity index (χ4v) is 4.98. The highest BCUT2D eigenvalue weighted by molar-refractivity contribution is 7.99. The van der Waals surface area contributed by atoms with Crippen LogP contribution in [0.2, 0.25) is 0 Å². The molecule has 1 aliphatic rings. The van der Waals surface area contributed by atoms with Gasteiger partial charge in [0.15, 0.2) is 10.2 Å². The lowest BCUT2D eigenvalue weighted by atomic mass is 10.0. The minimum Gasteiger partial charge on any atom is -0.497 e. The fraction of sp³-hybridized carbons (Fsp3) is 0.120. The molecule has 1 saturated heterocycles. The van der Waals surface area contributed by atoms with E-state index in [1.54, 1.807) is 25.1 Å². The van der Waals surface area contributed by atoms with E-state index in [1.165, 1.54) is 0 Å². The van der Waals surface area contributed by atoms with Crippen LogP contribution in [0.1, 0.15) is 23.5 Å². The Morgan fingerprint density at radius 2 is 1.84 bits per heavy atom. The molecule has 2 aromatic carbocycles. The van der Waals surface area contributed by atoms with E-state index >= 15 is 0 Å². The van der Waals surface area contributed by atoms with Crippen molar-refractivity contribution in [1.29, 1.82) is 0 Å². The van der Waals surface area contributed by atoms with Crippen LogP contribution in [0.25, 0.3) is 0 Å². The van der Waals surface area contributed by atoms with Crippen molar-refractivity contribution in [1.82, 2.24) is 10.3 Å². The van der Waals surface area contributed by atoms with Gasteiger partial charge in [-0.05, 0) is 60.7 Å². The van der Waals surface area contributed by atoms with Crippen LogP contribution in [0.5, 0.6) is 5.75 Å². The molecule has 1 fully saturated rings. The number of thiocarbonyl (C=S) groups is 1. The molecule has 0 aliphatic carbocycles. The summed E-state index contributed by atoms with van der Waals surface area (Å²) >= 11 is 7.36. The van der Waals surface area contributed by atoms with Gasteiger partial charge in [0.05, 0.1) is 18.8 Å². The molecule has 1 N–H and O–H groups in total. The Kier molecular flexibility index (Phi) is 5.83. The lowest BCUT2D eigenvalue weighted by Crippen LogP contribution is -2.29. The summed E-state index contributed by atoms with van der Waals surface area (Å²) in [4.78, 5) is 7.79. The van der Waals surface area contributed by atoms with Crippen molar-refractivity contribution in [3.8, 4) is 5.75 Å². The molecule has 4 aromatic rings. The number of hydrogen-bond donors (Lipinski definition) is 1. The molecule has 0 amide bonds. The number of furan rings is 1. The van der Waals surface area contributed by atoms with Gasteiger partial charge in [-0.1, -0.05) is 42.1 Å². The lowest BCUT2D eigenvalue weighted by molar-refractivity contribution is 0.383. The van der Waals surface area contributed by atoms with Gasteiger partial charge in [0, 0.05) is 22.8 Å². The molecular formula is C25H21N3O2S2. The minimum atomic E-state index is -0.199. The van der Waals surface area contributed by atoms with Gasteiger partial charge in [-0.15, -0.1) is 0 Å². The quantitative estimate of drug-likeness (QED) is 0.354. The molecule has 0 spiro atoms. The van der Waals surface area contributed by atoms with Gasteiger partial charge < -0.3 is 19.4 Å². The van der Waals surface area contributed by atoms with Gasteiger partial charge >= 0.3 is 0 Å². The zero-order valence-corrected chi connectivity index (χ0v) is 19.0. The highest BCUT2D eigenvalue weighted by Crippen LogP contribution is 2.43. The Labute approximate surface area is 196 Å². The van der Waals surface area contributed by atoms with Crippen molar-refractivity contribution in [3.05, 3.63) is 103 Å². The predicted octanol–water partition coefficient (Wildman–Crippen LogP) is 6.01. The first-order valence-corrected chi connectivity index (χ1v) is 11.4. The Morgan fingerprint density at radius 3 is 2.62 bits per heavy atom. The molecule has 0 bridgehead atoms. The summed E-state index contributed by atoms with van der Waals surface area (Å²) in [7, 11) is 1.66. The molecule has 5 rings (SSSR count). The maximum atomic E-state index is 6.34. The van der Waals surface area contributed by atoms with Crippen LogP contribution in [-0.2, 0) is 0 Å². The number of pyridine rings is 1. The van der Waals surface area contributed by atoms with Gasteiger partial charge in [0.25, 0.3) is 0 Å². The predicted molar refractivity (Wildman–Crippen MR) is 130 cm³/mol. The van der Waals surface area contributed by atoms with Crippen molar-refractivity contribution in [2.75, 3.05) is 12.0 Å². The molecule has 5 nitrogen and oxygen atoms in total. The maximum absolute atomic E-state index is 6.34. The summed E-state index contributed by atoms with van der Waals surface area (Å²) < 4.78 is 11.8. The molecule has 32 heavy (non-hydrogen) atoms. The largest absolute Gasteiger partial charge is 0.497 e. The van der Waals surface area contributed by atoms with Crippen LogP contribution in [0, 0.1) is 0 Å². The third kappa shape index (κ3) is 4.09. The number of benzene rings is 2. The number of ether oxygens (including phenoxy) is 1. The first-order valence-electron chi connectivity index (χ1n) is 10.2. The zero-order valence-electron chi connectivity index (χ0n) is 17.3. The van der Waals surface area contributed by atoms with Gasteiger partial charge in [-0.2, -0.15) is 0 Å². The van der Waals surface area contributed by atoms with Crippen molar-refractivity contribution in [2.45, 2.75) is 22.1 Å². The van der Waals surface area contributed by atoms with Crippen molar-refractivity contribution in [2.24, 2.45) is 0 Å². The normalized spacial score (nSPS) is 17.9. The molecule has 0 saturated carbocycles. The first kappa shape index (κ1) is 20.6. The molecule has 7 heteroatoms. The molecular weight excluding hydrogens is 438 g/mol. The van der Waals surface area contributed by atoms with Crippen LogP contribution in [-0.4, -0.2) is 17.2 Å². The molecule has 1 aliphatic heterocycles. The van der Waals surface area contributed by atoms with E-state index in [0.717, 1.165) is 32.9 Å². The fourth-order valence-electron chi connectivity index (χ4n) is 3.84. The summed E-state index contributed by atoms with van der Waals surface area (Å²) in [6.07, 6.45) is 1.80. The van der Waals surface area contributed by atoms with E-state index in [9.17, 15) is 0 Å². The van der Waals surface area contributed by atoms with Crippen molar-refractivity contribution in [3.63, 3.8) is 0 Å². The lowest BCUT2D eigenvalue weighted by Gasteiger charge is -2.26. The highest BCUT2D eigenvalue weighted by atomic mass is 32.2. The monoisotopic (exact) mass is 459 g/mol. The second-order valence-corrected chi connectivity index (χ2v) is 8.73. The average molecular weight is 460 g/mol. The Morgan fingerprint density at radius 1 is 1.00 bits per heavy atom. The van der Waals surface area contributed by atoms with Gasteiger partial charge in [-0.3, -0.25) is 4.98 Å². The summed E-state index contributed by atoms with van der Waals surface area (Å²) in [6, 6.07) is 27.6. The molecule has 0 radical (unpaired) electrons. The van der Waals surface area contributed by atoms with Gasteiger partial charge in [-0.25, -0.2) is 0 Å². The second kappa shape index (κ2) is 9.06. The van der Waals surface area contributed by atoms with E-state index in [2.05, 4.69) is 27.3 Å². The molecule has 160 valence electrons. The number of methoxy groups -OCH3 is 1. The summed E-state index contributed by atoms with van der Waals surface area (Å²) in [5.74, 6) is 1.58. The van der Waals surface area contributed by atoms with Crippen molar-refractivity contribution >= 4 is 34.8 Å². The van der Waals surface area contributed by atoms with Crippen LogP contribution < -0.4 is 15.0 Å². The van der Waals surface area contributed by atoms with E-state index in [0.29, 0.717) is 5.11 Å². The minimum absolute atomic E-state index is 0.157. The highest BCUT2D eigenvalue weighted by Gasteiger charge is 2.42. The standard InChI is InChI=1S/C25H21N3O2S2/c1-29-18-9-7-8-17(16-18)28-24(23(27-25(28)31)20-12-5-6-15-26-20)21-13-14-22(30-21)32-19-10-3-2-4-11-19/h2-16,23-24H,1H3,(H,27,31)/t23-,24-/m0/s1. The molecule has 0 unspecified atom stereocenters. The average Bonchev–Trinajstić information content (AvgIpc) is 3.44. The van der Waals surface area contributed by atoms with Gasteiger partial charge in [0.2, 0.25) is 0 Å². The van der Waals surface area contributed by atoms with E-state index < -0.39 is 0 Å². The van der Waals surface area contributed by atoms with E-state index in [1.807, 2.05) is 72.8 Å². The van der Waals surface area contributed by atoms with E-state index in [4.69, 9.17) is 21.4 Å². The van der Waals surface area contributed by atoms with Crippen LogP contribution in [0.3, 0.4) is 0 Å². The molecule has 2 atom stereocenters. The summed E-state index contributed by atoms with van der Waals surface area (Å²) in [5, 5.41) is 4.90. The Bertz CT molecular complexity index is 1210. The van der Waals surface area contributed by atoms with E-state index in [-0.39, 0.29) is 12.1 Å². The van der Waals surface area contributed by atoms with Gasteiger partial charge in [0.1, 0.15) is 17.6 Å². The molecule has 3 heterocycles. The second-order valence-electron chi connectivity index (χ2n) is 7.27. The number of aromatic nitrogens is 1. The Balaban J connectivity index is 1.54. The van der Waals surface area contributed by atoms with Crippen LogP contribution in [0.4, 0.5) is 5.69 Å². The first-order chi connectivity index (χ1) is 15.7. The number of rotatable bonds is 6. The SMILES string of the molecule is COc1cccc(N2C(=S)N[C@@H](c3ccccn3)[C@@H]2c2ccc(Sc3ccccc3)o2)c1. The molecule has 2 aromatic heterocycles.